The Morgan fingerprint density at radius 1 is 1.19 bits per heavy atom. The fraction of sp³-hybridized carbons (Fsp3) is 0.211. The second-order valence-corrected chi connectivity index (χ2v) is 7.10. The second kappa shape index (κ2) is 9.43. The fourth-order valence-electron chi connectivity index (χ4n) is 2.28. The molecule has 140 valence electrons. The van der Waals surface area contributed by atoms with Crippen molar-refractivity contribution in [3.05, 3.63) is 65.9 Å². The lowest BCUT2D eigenvalue weighted by Gasteiger charge is -2.17. The number of carbonyl (C=O) groups is 1. The van der Waals surface area contributed by atoms with E-state index in [0.29, 0.717) is 23.3 Å². The number of halogens is 1. The highest BCUT2D eigenvalue weighted by Crippen LogP contribution is 2.19. The van der Waals surface area contributed by atoms with Crippen molar-refractivity contribution >= 4 is 29.3 Å². The molecule has 3 rings (SSSR count). The Balaban J connectivity index is 1.46. The summed E-state index contributed by atoms with van der Waals surface area (Å²) in [7, 11) is 1.76. The number of aromatic nitrogens is 3. The molecule has 0 atom stereocenters. The lowest BCUT2D eigenvalue weighted by atomic mass is 10.3. The Kier molecular flexibility index (Phi) is 6.73. The van der Waals surface area contributed by atoms with Crippen LogP contribution in [0.2, 0.25) is 5.02 Å². The van der Waals surface area contributed by atoms with Crippen LogP contribution < -0.4 is 4.74 Å². The lowest BCUT2D eigenvalue weighted by Crippen LogP contribution is -2.32. The molecule has 0 fully saturated rings. The van der Waals surface area contributed by atoms with Crippen molar-refractivity contribution in [2.75, 3.05) is 26.0 Å². The van der Waals surface area contributed by atoms with Gasteiger partial charge in [0.1, 0.15) is 18.7 Å². The predicted octanol–water partition coefficient (Wildman–Crippen LogP) is 3.55. The molecule has 0 unspecified atom stereocenters. The topological polar surface area (TPSA) is 60.2 Å². The summed E-state index contributed by atoms with van der Waals surface area (Å²) < 4.78 is 7.49. The molecule has 2 aromatic carbocycles. The highest BCUT2D eigenvalue weighted by atomic mass is 35.5. The van der Waals surface area contributed by atoms with Gasteiger partial charge in [-0.1, -0.05) is 41.6 Å². The number of rotatable bonds is 8. The molecule has 0 radical (unpaired) electrons. The van der Waals surface area contributed by atoms with Crippen LogP contribution in [-0.4, -0.2) is 51.5 Å². The van der Waals surface area contributed by atoms with Crippen LogP contribution in [0.1, 0.15) is 0 Å². The van der Waals surface area contributed by atoms with Crippen molar-refractivity contribution in [3.8, 4) is 11.4 Å². The third kappa shape index (κ3) is 5.48. The molecule has 0 bridgehead atoms. The Morgan fingerprint density at radius 3 is 2.67 bits per heavy atom. The Labute approximate surface area is 167 Å². The molecule has 0 aliphatic carbocycles. The summed E-state index contributed by atoms with van der Waals surface area (Å²) in [6, 6.07) is 16.9. The Hall–Kier alpha value is -2.51. The predicted molar refractivity (Wildman–Crippen MR) is 107 cm³/mol. The van der Waals surface area contributed by atoms with Gasteiger partial charge in [0, 0.05) is 17.8 Å². The zero-order valence-corrected chi connectivity index (χ0v) is 16.4. The average molecular weight is 403 g/mol. The molecule has 1 aromatic heterocycles. The van der Waals surface area contributed by atoms with E-state index in [-0.39, 0.29) is 11.7 Å². The van der Waals surface area contributed by atoms with Crippen molar-refractivity contribution in [3.63, 3.8) is 0 Å². The van der Waals surface area contributed by atoms with E-state index >= 15 is 0 Å². The van der Waals surface area contributed by atoms with Crippen LogP contribution in [0, 0.1) is 0 Å². The van der Waals surface area contributed by atoms with Gasteiger partial charge in [-0.3, -0.25) is 9.36 Å². The van der Waals surface area contributed by atoms with E-state index < -0.39 is 0 Å². The highest BCUT2D eigenvalue weighted by Gasteiger charge is 2.13. The summed E-state index contributed by atoms with van der Waals surface area (Å²) in [5, 5.41) is 9.39. The normalized spacial score (nSPS) is 10.6. The molecule has 0 saturated heterocycles. The van der Waals surface area contributed by atoms with E-state index in [1.54, 1.807) is 42.5 Å². The largest absolute Gasteiger partial charge is 0.492 e. The number of ether oxygens (including phenoxy) is 1. The summed E-state index contributed by atoms with van der Waals surface area (Å²) in [5.41, 5.74) is 0.960. The number of nitrogens with zero attached hydrogens (tertiary/aromatic N) is 4. The van der Waals surface area contributed by atoms with Crippen LogP contribution in [-0.2, 0) is 4.79 Å². The molecule has 6 nitrogen and oxygen atoms in total. The van der Waals surface area contributed by atoms with Crippen molar-refractivity contribution in [2.45, 2.75) is 5.16 Å². The second-order valence-electron chi connectivity index (χ2n) is 5.73. The molecule has 0 N–H and O–H groups in total. The first-order valence-corrected chi connectivity index (χ1v) is 9.70. The summed E-state index contributed by atoms with van der Waals surface area (Å²) >= 11 is 7.20. The van der Waals surface area contributed by atoms with Gasteiger partial charge in [-0.15, -0.1) is 10.2 Å². The van der Waals surface area contributed by atoms with Crippen LogP contribution in [0.5, 0.6) is 5.75 Å². The summed E-state index contributed by atoms with van der Waals surface area (Å²) in [6.07, 6.45) is 1.64. The van der Waals surface area contributed by atoms with Gasteiger partial charge in [0.05, 0.1) is 12.3 Å². The third-order valence-corrected chi connectivity index (χ3v) is 4.99. The third-order valence-electron chi connectivity index (χ3n) is 3.81. The number of hydrogen-bond acceptors (Lipinski definition) is 5. The Morgan fingerprint density at radius 2 is 1.93 bits per heavy atom. The molecule has 0 aliphatic rings. The Bertz CT molecular complexity index is 871. The monoisotopic (exact) mass is 402 g/mol. The zero-order chi connectivity index (χ0) is 19.1. The van der Waals surface area contributed by atoms with Crippen molar-refractivity contribution in [1.29, 1.82) is 0 Å². The molecule has 1 amide bonds. The highest BCUT2D eigenvalue weighted by molar-refractivity contribution is 7.99. The van der Waals surface area contributed by atoms with Crippen LogP contribution in [0.15, 0.2) is 66.1 Å². The quantitative estimate of drug-likeness (QED) is 0.539. The molecule has 27 heavy (non-hydrogen) atoms. The van der Waals surface area contributed by atoms with E-state index in [2.05, 4.69) is 10.2 Å². The molecular formula is C19H19ClN4O2S. The number of hydrogen-bond donors (Lipinski definition) is 0. The van der Waals surface area contributed by atoms with Gasteiger partial charge in [0.2, 0.25) is 5.91 Å². The average Bonchev–Trinajstić information content (AvgIpc) is 3.17. The SMILES string of the molecule is CN(CCOc1ccc(Cl)cc1)C(=O)CSc1nncn1-c1ccccc1. The van der Waals surface area contributed by atoms with Crippen LogP contribution in [0.3, 0.4) is 0 Å². The van der Waals surface area contributed by atoms with Gasteiger partial charge in [0.15, 0.2) is 5.16 Å². The van der Waals surface area contributed by atoms with Gasteiger partial charge in [-0.05, 0) is 36.4 Å². The minimum absolute atomic E-state index is 0.00215. The van der Waals surface area contributed by atoms with E-state index in [0.717, 1.165) is 11.4 Å². The van der Waals surface area contributed by atoms with Crippen LogP contribution in [0.25, 0.3) is 5.69 Å². The minimum atomic E-state index is 0.00215. The lowest BCUT2D eigenvalue weighted by molar-refractivity contribution is -0.127. The van der Waals surface area contributed by atoms with Gasteiger partial charge in [0.25, 0.3) is 0 Å². The first-order valence-electron chi connectivity index (χ1n) is 8.34. The van der Waals surface area contributed by atoms with Gasteiger partial charge < -0.3 is 9.64 Å². The van der Waals surface area contributed by atoms with Crippen LogP contribution in [0.4, 0.5) is 0 Å². The van der Waals surface area contributed by atoms with E-state index in [9.17, 15) is 4.79 Å². The first kappa shape index (κ1) is 19.3. The zero-order valence-electron chi connectivity index (χ0n) is 14.8. The number of thioether (sulfide) groups is 1. The number of amides is 1. The molecule has 3 aromatic rings. The van der Waals surface area contributed by atoms with Gasteiger partial charge in [-0.25, -0.2) is 0 Å². The van der Waals surface area contributed by atoms with E-state index in [1.165, 1.54) is 11.8 Å². The maximum absolute atomic E-state index is 12.3. The summed E-state index contributed by atoms with van der Waals surface area (Å²) in [5.74, 6) is 1.01. The number of carbonyl (C=O) groups excluding carboxylic acids is 1. The smallest absolute Gasteiger partial charge is 0.232 e. The van der Waals surface area contributed by atoms with Crippen molar-refractivity contribution in [1.82, 2.24) is 19.7 Å². The molecule has 0 aliphatic heterocycles. The molecular weight excluding hydrogens is 384 g/mol. The van der Waals surface area contributed by atoms with Gasteiger partial charge in [-0.2, -0.15) is 0 Å². The molecule has 1 heterocycles. The van der Waals surface area contributed by atoms with Crippen molar-refractivity contribution < 1.29 is 9.53 Å². The summed E-state index contributed by atoms with van der Waals surface area (Å²) in [6.45, 7) is 0.905. The maximum atomic E-state index is 12.3. The number of benzene rings is 2. The van der Waals surface area contributed by atoms with Gasteiger partial charge >= 0.3 is 0 Å². The number of para-hydroxylation sites is 1. The summed E-state index contributed by atoms with van der Waals surface area (Å²) in [4.78, 5) is 14.0. The van der Waals surface area contributed by atoms with Crippen LogP contribution >= 0.6 is 23.4 Å². The molecule has 0 saturated carbocycles. The van der Waals surface area contributed by atoms with Crippen molar-refractivity contribution in [2.24, 2.45) is 0 Å². The maximum Gasteiger partial charge on any atom is 0.232 e. The van der Waals surface area contributed by atoms with E-state index in [1.807, 2.05) is 34.9 Å². The standard InChI is InChI=1S/C19H19ClN4O2S/c1-23(11-12-26-17-9-7-15(20)8-10-17)18(25)13-27-19-22-21-14-24(19)16-5-3-2-4-6-16/h2-10,14H,11-13H2,1H3. The van der Waals surface area contributed by atoms with E-state index in [4.69, 9.17) is 16.3 Å². The minimum Gasteiger partial charge on any atom is -0.492 e. The molecule has 8 heteroatoms. The molecule has 0 spiro atoms. The first-order chi connectivity index (χ1) is 13.1. The fourth-order valence-corrected chi connectivity index (χ4v) is 3.28. The number of likely N-dealkylation sites (N-methyl/N-ethyl adjacent to an activating group) is 1.